The Hall–Kier alpha value is -3.04. The lowest BCUT2D eigenvalue weighted by molar-refractivity contribution is -0.139. The molecule has 0 unspecified atom stereocenters. The fourth-order valence-corrected chi connectivity index (χ4v) is 2.94. The molecule has 2 aromatic rings. The summed E-state index contributed by atoms with van der Waals surface area (Å²) in [5.41, 5.74) is 6.29. The highest BCUT2D eigenvalue weighted by molar-refractivity contribution is 6.04. The van der Waals surface area contributed by atoms with Crippen molar-refractivity contribution in [2.75, 3.05) is 0 Å². The predicted octanol–water partition coefficient (Wildman–Crippen LogP) is 3.47. The number of primary amides is 2. The summed E-state index contributed by atoms with van der Waals surface area (Å²) in [6.07, 6.45) is -10.5. The average Bonchev–Trinajstić information content (AvgIpc) is 2.59. The third kappa shape index (κ3) is 5.07. The second kappa shape index (κ2) is 7.76. The fourth-order valence-electron chi connectivity index (χ4n) is 2.94. The van der Waals surface area contributed by atoms with Gasteiger partial charge in [0.15, 0.2) is 0 Å². The number of carbonyl (C=O) groups excluding carboxylic acids is 2. The van der Waals surface area contributed by atoms with Crippen LogP contribution in [-0.4, -0.2) is 11.8 Å². The molecule has 0 aliphatic carbocycles. The molecule has 2 amide bonds. The maximum atomic E-state index is 12.9. The molecule has 0 fully saturated rings. The van der Waals surface area contributed by atoms with Crippen LogP contribution < -0.4 is 11.5 Å². The fraction of sp³-hybridized carbons (Fsp3) is 0.263. The number of carbonyl (C=O) groups is 2. The molecular weight excluding hydrogens is 402 g/mol. The van der Waals surface area contributed by atoms with Crippen molar-refractivity contribution >= 4 is 11.8 Å². The van der Waals surface area contributed by atoms with E-state index in [0.29, 0.717) is 0 Å². The van der Waals surface area contributed by atoms with Gasteiger partial charge in [0.2, 0.25) is 11.8 Å². The normalized spacial score (nSPS) is 12.6. The van der Waals surface area contributed by atoms with Crippen molar-refractivity contribution in [3.05, 3.63) is 70.8 Å². The van der Waals surface area contributed by atoms with E-state index in [1.807, 2.05) is 0 Å². The first-order valence-electron chi connectivity index (χ1n) is 8.18. The summed E-state index contributed by atoms with van der Waals surface area (Å²) in [7, 11) is 0. The van der Waals surface area contributed by atoms with Crippen molar-refractivity contribution in [2.24, 2.45) is 16.9 Å². The first-order valence-corrected chi connectivity index (χ1v) is 8.18. The number of rotatable bonds is 6. The number of nitrogens with two attached hydrogens (primary N) is 2. The molecule has 0 spiro atoms. The van der Waals surface area contributed by atoms with Gasteiger partial charge in [-0.1, -0.05) is 36.4 Å². The van der Waals surface area contributed by atoms with Crippen LogP contribution in [0.4, 0.5) is 26.3 Å². The van der Waals surface area contributed by atoms with Crippen LogP contribution in [-0.2, 0) is 34.8 Å². The molecule has 29 heavy (non-hydrogen) atoms. The van der Waals surface area contributed by atoms with Crippen LogP contribution in [0.25, 0.3) is 0 Å². The molecule has 156 valence electrons. The molecule has 2 rings (SSSR count). The zero-order chi connectivity index (χ0) is 22.0. The van der Waals surface area contributed by atoms with Crippen LogP contribution in [0.3, 0.4) is 0 Å². The van der Waals surface area contributed by atoms with Crippen molar-refractivity contribution in [1.29, 1.82) is 0 Å². The molecule has 0 aromatic heterocycles. The maximum Gasteiger partial charge on any atom is 0.416 e. The molecule has 2 aromatic carbocycles. The van der Waals surface area contributed by atoms with Crippen LogP contribution in [0.15, 0.2) is 48.5 Å². The van der Waals surface area contributed by atoms with Crippen molar-refractivity contribution in [2.45, 2.75) is 25.2 Å². The van der Waals surface area contributed by atoms with E-state index in [-0.39, 0.29) is 11.1 Å². The third-order valence-electron chi connectivity index (χ3n) is 4.46. The van der Waals surface area contributed by atoms with E-state index >= 15 is 0 Å². The van der Waals surface area contributed by atoms with Gasteiger partial charge in [-0.3, -0.25) is 9.59 Å². The van der Waals surface area contributed by atoms with E-state index in [1.54, 1.807) is 0 Å². The minimum absolute atomic E-state index is 0.0654. The van der Waals surface area contributed by atoms with Gasteiger partial charge < -0.3 is 11.5 Å². The Kier molecular flexibility index (Phi) is 5.96. The lowest BCUT2D eigenvalue weighted by Crippen LogP contribution is -2.50. The molecule has 0 aliphatic rings. The standard InChI is InChI=1S/C19H16F6N2O2/c20-18(21,22)13-5-1-3-11(7-13)9-17(15(26)28,16(27)29)10-12-4-2-6-14(8-12)19(23,24)25/h1-8H,9-10H2,(H2,26,28)(H2,27,29). The molecule has 0 radical (unpaired) electrons. The Morgan fingerprint density at radius 3 is 1.31 bits per heavy atom. The van der Waals surface area contributed by atoms with Crippen molar-refractivity contribution in [3.8, 4) is 0 Å². The van der Waals surface area contributed by atoms with Gasteiger partial charge in [-0.25, -0.2) is 0 Å². The number of halogens is 6. The molecule has 0 aliphatic heterocycles. The van der Waals surface area contributed by atoms with Crippen molar-refractivity contribution < 1.29 is 35.9 Å². The number of alkyl halides is 6. The number of hydrogen-bond donors (Lipinski definition) is 2. The topological polar surface area (TPSA) is 86.2 Å². The second-order valence-corrected chi connectivity index (χ2v) is 6.56. The van der Waals surface area contributed by atoms with Crippen LogP contribution in [0, 0.1) is 5.41 Å². The van der Waals surface area contributed by atoms with E-state index in [2.05, 4.69) is 0 Å². The Morgan fingerprint density at radius 1 is 0.690 bits per heavy atom. The highest BCUT2D eigenvalue weighted by atomic mass is 19.4. The van der Waals surface area contributed by atoms with Gasteiger partial charge in [0, 0.05) is 0 Å². The van der Waals surface area contributed by atoms with Crippen molar-refractivity contribution in [3.63, 3.8) is 0 Å². The number of amides is 2. The smallest absolute Gasteiger partial charge is 0.369 e. The molecule has 0 saturated carbocycles. The Balaban J connectivity index is 2.48. The molecular formula is C19H16F6N2O2. The molecule has 0 saturated heterocycles. The lowest BCUT2D eigenvalue weighted by Gasteiger charge is -2.28. The Morgan fingerprint density at radius 2 is 1.03 bits per heavy atom. The summed E-state index contributed by atoms with van der Waals surface area (Å²) >= 11 is 0. The quantitative estimate of drug-likeness (QED) is 0.556. The van der Waals surface area contributed by atoms with Gasteiger partial charge in [-0.15, -0.1) is 0 Å². The zero-order valence-electron chi connectivity index (χ0n) is 14.8. The summed E-state index contributed by atoms with van der Waals surface area (Å²) in [4.78, 5) is 24.2. The number of benzene rings is 2. The summed E-state index contributed by atoms with van der Waals surface area (Å²) in [5.74, 6) is -2.50. The van der Waals surface area contributed by atoms with E-state index in [0.717, 1.165) is 36.4 Å². The SMILES string of the molecule is NC(=O)C(Cc1cccc(C(F)(F)F)c1)(Cc1cccc(C(F)(F)F)c1)C(N)=O. The summed E-state index contributed by atoms with van der Waals surface area (Å²) in [6.45, 7) is 0. The average molecular weight is 418 g/mol. The van der Waals surface area contributed by atoms with Gasteiger partial charge in [-0.05, 0) is 36.1 Å². The van der Waals surface area contributed by atoms with Crippen LogP contribution in [0.1, 0.15) is 22.3 Å². The molecule has 0 bridgehead atoms. The van der Waals surface area contributed by atoms with Crippen LogP contribution in [0.5, 0.6) is 0 Å². The van der Waals surface area contributed by atoms with Gasteiger partial charge in [0.25, 0.3) is 0 Å². The Labute approximate surface area is 161 Å². The summed E-state index contributed by atoms with van der Waals surface area (Å²) in [6, 6.07) is 7.69. The Bertz CT molecular complexity index is 846. The molecule has 4 nitrogen and oxygen atoms in total. The van der Waals surface area contributed by atoms with Crippen LogP contribution in [0.2, 0.25) is 0 Å². The van der Waals surface area contributed by atoms with E-state index in [9.17, 15) is 35.9 Å². The summed E-state index contributed by atoms with van der Waals surface area (Å²) in [5, 5.41) is 0. The maximum absolute atomic E-state index is 12.9. The molecule has 0 atom stereocenters. The highest BCUT2D eigenvalue weighted by Gasteiger charge is 2.44. The first-order chi connectivity index (χ1) is 13.3. The lowest BCUT2D eigenvalue weighted by atomic mass is 9.75. The van der Waals surface area contributed by atoms with Crippen molar-refractivity contribution in [1.82, 2.24) is 0 Å². The van der Waals surface area contributed by atoms with Gasteiger partial charge in [-0.2, -0.15) is 26.3 Å². The first kappa shape index (κ1) is 22.3. The predicted molar refractivity (Wildman–Crippen MR) is 91.1 cm³/mol. The van der Waals surface area contributed by atoms with E-state index in [4.69, 9.17) is 11.5 Å². The molecule has 4 N–H and O–H groups in total. The van der Waals surface area contributed by atoms with E-state index < -0.39 is 53.6 Å². The largest absolute Gasteiger partial charge is 0.416 e. The second-order valence-electron chi connectivity index (χ2n) is 6.56. The monoisotopic (exact) mass is 418 g/mol. The minimum Gasteiger partial charge on any atom is -0.369 e. The molecule has 10 heteroatoms. The third-order valence-corrected chi connectivity index (χ3v) is 4.46. The number of hydrogen-bond acceptors (Lipinski definition) is 2. The van der Waals surface area contributed by atoms with E-state index in [1.165, 1.54) is 12.1 Å². The minimum atomic E-state index is -4.67. The van der Waals surface area contributed by atoms with Gasteiger partial charge in [0.05, 0.1) is 11.1 Å². The molecule has 0 heterocycles. The highest BCUT2D eigenvalue weighted by Crippen LogP contribution is 2.34. The summed E-state index contributed by atoms with van der Waals surface area (Å²) < 4.78 is 77.6. The van der Waals surface area contributed by atoms with Crippen LogP contribution >= 0.6 is 0 Å². The van der Waals surface area contributed by atoms with Gasteiger partial charge in [0.1, 0.15) is 5.41 Å². The zero-order valence-corrected chi connectivity index (χ0v) is 14.8. The van der Waals surface area contributed by atoms with Gasteiger partial charge >= 0.3 is 12.4 Å².